The normalized spacial score (nSPS) is 12.9. The van der Waals surface area contributed by atoms with Crippen molar-refractivity contribution < 1.29 is 9.63 Å². The van der Waals surface area contributed by atoms with E-state index in [-0.39, 0.29) is 0 Å². The van der Waals surface area contributed by atoms with Gasteiger partial charge in [0.05, 0.1) is 12.5 Å². The van der Waals surface area contributed by atoms with Crippen LogP contribution >= 0.6 is 11.6 Å². The van der Waals surface area contributed by atoms with Gasteiger partial charge in [-0.1, -0.05) is 42.7 Å². The summed E-state index contributed by atoms with van der Waals surface area (Å²) in [5, 5.41) is 14.4. The van der Waals surface area contributed by atoms with Crippen LogP contribution in [0.25, 0.3) is 11.4 Å². The van der Waals surface area contributed by atoms with E-state index in [4.69, 9.17) is 16.1 Å². The maximum atomic E-state index is 9.85. The minimum atomic E-state index is -0.451. The van der Waals surface area contributed by atoms with E-state index in [1.54, 1.807) is 12.1 Å². The molecule has 2 aromatic rings. The summed E-state index contributed by atoms with van der Waals surface area (Å²) in [4.78, 5) is 4.27. The minimum absolute atomic E-state index is 0.381. The van der Waals surface area contributed by atoms with Gasteiger partial charge in [-0.2, -0.15) is 4.98 Å². The molecule has 1 N–H and O–H groups in total. The van der Waals surface area contributed by atoms with E-state index in [0.29, 0.717) is 29.1 Å². The van der Waals surface area contributed by atoms with Crippen molar-refractivity contribution in [2.45, 2.75) is 32.8 Å². The lowest BCUT2D eigenvalue weighted by atomic mass is 10.0. The molecule has 4 nitrogen and oxygen atoms in total. The number of aliphatic hydroxyl groups excluding tert-OH is 1. The van der Waals surface area contributed by atoms with Crippen LogP contribution in [0.5, 0.6) is 0 Å². The van der Waals surface area contributed by atoms with Crippen molar-refractivity contribution in [1.82, 2.24) is 10.1 Å². The molecular formula is C14H17ClN2O2. The third-order valence-corrected chi connectivity index (χ3v) is 2.94. The molecule has 1 aromatic heterocycles. The fourth-order valence-electron chi connectivity index (χ4n) is 1.91. The van der Waals surface area contributed by atoms with Crippen LogP contribution in [0.2, 0.25) is 5.02 Å². The second-order valence-corrected chi connectivity index (χ2v) is 5.45. The highest BCUT2D eigenvalue weighted by Crippen LogP contribution is 2.20. The van der Waals surface area contributed by atoms with E-state index >= 15 is 0 Å². The van der Waals surface area contributed by atoms with E-state index < -0.39 is 6.10 Å². The molecule has 19 heavy (non-hydrogen) atoms. The Balaban J connectivity index is 2.07. The summed E-state index contributed by atoms with van der Waals surface area (Å²) in [6, 6.07) is 7.27. The summed E-state index contributed by atoms with van der Waals surface area (Å²) in [7, 11) is 0. The Labute approximate surface area is 117 Å². The summed E-state index contributed by atoms with van der Waals surface area (Å²) < 4.78 is 5.15. The molecule has 102 valence electrons. The Morgan fingerprint density at radius 2 is 2.16 bits per heavy atom. The Bertz CT molecular complexity index is 540. The molecule has 0 radical (unpaired) electrons. The molecule has 0 saturated carbocycles. The van der Waals surface area contributed by atoms with E-state index in [2.05, 4.69) is 24.0 Å². The quantitative estimate of drug-likeness (QED) is 0.912. The Kier molecular flexibility index (Phi) is 4.56. The van der Waals surface area contributed by atoms with Crippen molar-refractivity contribution in [1.29, 1.82) is 0 Å². The molecule has 0 aliphatic carbocycles. The number of benzene rings is 1. The first-order chi connectivity index (χ1) is 9.04. The Morgan fingerprint density at radius 1 is 1.37 bits per heavy atom. The molecule has 0 aliphatic rings. The second-order valence-electron chi connectivity index (χ2n) is 5.01. The molecule has 0 spiro atoms. The molecule has 5 heteroatoms. The topological polar surface area (TPSA) is 59.2 Å². The fraction of sp³-hybridized carbons (Fsp3) is 0.429. The van der Waals surface area contributed by atoms with Gasteiger partial charge >= 0.3 is 0 Å². The smallest absolute Gasteiger partial charge is 0.229 e. The summed E-state index contributed by atoms with van der Waals surface area (Å²) in [6.45, 7) is 4.13. The molecule has 1 heterocycles. The molecule has 0 aliphatic heterocycles. The first-order valence-corrected chi connectivity index (χ1v) is 6.69. The number of halogens is 1. The van der Waals surface area contributed by atoms with Gasteiger partial charge in [0, 0.05) is 10.6 Å². The van der Waals surface area contributed by atoms with Crippen LogP contribution in [0.1, 0.15) is 26.2 Å². The van der Waals surface area contributed by atoms with Crippen LogP contribution < -0.4 is 0 Å². The zero-order valence-corrected chi connectivity index (χ0v) is 11.8. The third-order valence-electron chi connectivity index (χ3n) is 2.70. The van der Waals surface area contributed by atoms with Crippen LogP contribution in [-0.2, 0) is 6.42 Å². The Hall–Kier alpha value is -1.39. The summed E-state index contributed by atoms with van der Waals surface area (Å²) in [5.41, 5.74) is 0.806. The van der Waals surface area contributed by atoms with Gasteiger partial charge in [0.15, 0.2) is 0 Å². The average Bonchev–Trinajstić information content (AvgIpc) is 2.76. The van der Waals surface area contributed by atoms with Gasteiger partial charge in [0.25, 0.3) is 0 Å². The molecule has 1 atom stereocenters. The second kappa shape index (κ2) is 6.17. The highest BCUT2D eigenvalue weighted by Gasteiger charge is 2.14. The van der Waals surface area contributed by atoms with Crippen molar-refractivity contribution in [2.75, 3.05) is 0 Å². The fourth-order valence-corrected chi connectivity index (χ4v) is 2.10. The van der Waals surface area contributed by atoms with Crippen molar-refractivity contribution >= 4 is 11.6 Å². The van der Waals surface area contributed by atoms with Crippen molar-refractivity contribution in [2.24, 2.45) is 5.92 Å². The largest absolute Gasteiger partial charge is 0.393 e. The van der Waals surface area contributed by atoms with Gasteiger partial charge in [-0.05, 0) is 24.5 Å². The lowest BCUT2D eigenvalue weighted by Gasteiger charge is -2.09. The van der Waals surface area contributed by atoms with Gasteiger partial charge in [-0.15, -0.1) is 0 Å². The van der Waals surface area contributed by atoms with Crippen molar-refractivity contribution in [3.63, 3.8) is 0 Å². The maximum absolute atomic E-state index is 9.85. The van der Waals surface area contributed by atoms with E-state index in [0.717, 1.165) is 12.0 Å². The molecule has 0 fully saturated rings. The van der Waals surface area contributed by atoms with Crippen LogP contribution in [0.4, 0.5) is 0 Å². The molecule has 2 rings (SSSR count). The lowest BCUT2D eigenvalue weighted by molar-refractivity contribution is 0.138. The highest BCUT2D eigenvalue weighted by molar-refractivity contribution is 6.30. The monoisotopic (exact) mass is 280 g/mol. The molecule has 1 aromatic carbocycles. The molecule has 0 amide bonds. The zero-order valence-electron chi connectivity index (χ0n) is 11.0. The molecule has 0 saturated heterocycles. The SMILES string of the molecule is CC(C)CC(O)Cc1nc(-c2cccc(Cl)c2)no1. The van der Waals surface area contributed by atoms with Crippen LogP contribution in [-0.4, -0.2) is 21.4 Å². The number of nitrogens with zero attached hydrogens (tertiary/aromatic N) is 2. The van der Waals surface area contributed by atoms with Gasteiger partial charge in [-0.25, -0.2) is 0 Å². The lowest BCUT2D eigenvalue weighted by Crippen LogP contribution is -2.13. The number of aliphatic hydroxyl groups is 1. The predicted octanol–water partition coefficient (Wildman–Crippen LogP) is 3.34. The number of aromatic nitrogens is 2. The van der Waals surface area contributed by atoms with Crippen LogP contribution in [0.15, 0.2) is 28.8 Å². The third kappa shape index (κ3) is 4.04. The van der Waals surface area contributed by atoms with E-state index in [9.17, 15) is 5.11 Å². The standard InChI is InChI=1S/C14H17ClN2O2/c1-9(2)6-12(18)8-13-16-14(17-19-13)10-4-3-5-11(15)7-10/h3-5,7,9,12,18H,6,8H2,1-2H3. The number of hydrogen-bond donors (Lipinski definition) is 1. The van der Waals surface area contributed by atoms with Crippen LogP contribution in [0, 0.1) is 5.92 Å². The predicted molar refractivity (Wildman–Crippen MR) is 73.9 cm³/mol. The van der Waals surface area contributed by atoms with Crippen LogP contribution in [0.3, 0.4) is 0 Å². The zero-order chi connectivity index (χ0) is 13.8. The first-order valence-electron chi connectivity index (χ1n) is 6.31. The van der Waals surface area contributed by atoms with Gasteiger partial charge in [-0.3, -0.25) is 0 Å². The van der Waals surface area contributed by atoms with Crippen molar-refractivity contribution in [3.05, 3.63) is 35.2 Å². The van der Waals surface area contributed by atoms with E-state index in [1.165, 1.54) is 0 Å². The summed E-state index contributed by atoms with van der Waals surface area (Å²) in [5.74, 6) is 1.38. The molecule has 1 unspecified atom stereocenters. The molecule has 0 bridgehead atoms. The first kappa shape index (κ1) is 14.0. The number of hydrogen-bond acceptors (Lipinski definition) is 4. The van der Waals surface area contributed by atoms with E-state index in [1.807, 2.05) is 12.1 Å². The van der Waals surface area contributed by atoms with Gasteiger partial charge < -0.3 is 9.63 Å². The average molecular weight is 281 g/mol. The van der Waals surface area contributed by atoms with Gasteiger partial charge in [0.1, 0.15) is 0 Å². The maximum Gasteiger partial charge on any atom is 0.229 e. The number of rotatable bonds is 5. The highest BCUT2D eigenvalue weighted by atomic mass is 35.5. The Morgan fingerprint density at radius 3 is 2.84 bits per heavy atom. The summed E-state index contributed by atoms with van der Waals surface area (Å²) >= 11 is 5.92. The summed E-state index contributed by atoms with van der Waals surface area (Å²) in [6.07, 6.45) is 0.647. The van der Waals surface area contributed by atoms with Gasteiger partial charge in [0.2, 0.25) is 11.7 Å². The molecular weight excluding hydrogens is 264 g/mol. The minimum Gasteiger partial charge on any atom is -0.393 e. The van der Waals surface area contributed by atoms with Crippen molar-refractivity contribution in [3.8, 4) is 11.4 Å².